The summed E-state index contributed by atoms with van der Waals surface area (Å²) in [5, 5.41) is 13.4. The summed E-state index contributed by atoms with van der Waals surface area (Å²) >= 11 is 7.32. The van der Waals surface area contributed by atoms with Gasteiger partial charge in [-0.25, -0.2) is 4.79 Å². The lowest BCUT2D eigenvalue weighted by Crippen LogP contribution is -2.11. The van der Waals surface area contributed by atoms with Crippen LogP contribution in [0.2, 0.25) is 5.02 Å². The maximum atomic E-state index is 12.1. The number of benzene rings is 1. The number of nitrogens with one attached hydrogen (secondary N) is 1. The number of thiophene rings is 1. The molecule has 108 valence electrons. The molecule has 21 heavy (non-hydrogen) atoms. The Morgan fingerprint density at radius 1 is 1.33 bits per heavy atom. The molecule has 1 aromatic heterocycles. The molecule has 0 saturated carbocycles. The monoisotopic (exact) mass is 321 g/mol. The average molecular weight is 322 g/mol. The van der Waals surface area contributed by atoms with Crippen LogP contribution < -0.4 is 5.32 Å². The highest BCUT2D eigenvalue weighted by molar-refractivity contribution is 7.11. The van der Waals surface area contributed by atoms with Crippen LogP contribution in [0, 0.1) is 6.92 Å². The fourth-order valence-corrected chi connectivity index (χ4v) is 2.59. The van der Waals surface area contributed by atoms with Gasteiger partial charge in [-0.2, -0.15) is 0 Å². The van der Waals surface area contributed by atoms with Crippen molar-refractivity contribution in [3.05, 3.63) is 56.7 Å². The van der Waals surface area contributed by atoms with Gasteiger partial charge in [0.1, 0.15) is 0 Å². The zero-order valence-corrected chi connectivity index (χ0v) is 12.7. The lowest BCUT2D eigenvalue weighted by molar-refractivity contribution is -0.131. The fraction of sp³-hybridized carbons (Fsp3) is 0.0667. The van der Waals surface area contributed by atoms with Crippen LogP contribution in [0.4, 0.5) is 5.69 Å². The minimum atomic E-state index is -1.03. The molecule has 2 aromatic rings. The molecule has 0 spiro atoms. The number of aliphatic carboxylic acids is 1. The molecule has 0 saturated heterocycles. The maximum absolute atomic E-state index is 12.1. The lowest BCUT2D eigenvalue weighted by atomic mass is 10.2. The van der Waals surface area contributed by atoms with E-state index in [9.17, 15) is 9.59 Å². The van der Waals surface area contributed by atoms with Gasteiger partial charge in [0.15, 0.2) is 0 Å². The molecular formula is C15H12ClNO3S. The second-order valence-electron chi connectivity index (χ2n) is 4.35. The van der Waals surface area contributed by atoms with E-state index >= 15 is 0 Å². The molecule has 0 unspecified atom stereocenters. The lowest BCUT2D eigenvalue weighted by Gasteiger charge is -2.07. The Bertz CT molecular complexity index is 721. The number of carbonyl (C=O) groups excluding carboxylic acids is 1. The Morgan fingerprint density at radius 2 is 2.10 bits per heavy atom. The van der Waals surface area contributed by atoms with Gasteiger partial charge in [-0.05, 0) is 36.8 Å². The zero-order chi connectivity index (χ0) is 15.4. The van der Waals surface area contributed by atoms with Crippen molar-refractivity contribution in [1.29, 1.82) is 0 Å². The van der Waals surface area contributed by atoms with Gasteiger partial charge >= 0.3 is 5.97 Å². The Hall–Kier alpha value is -2.11. The van der Waals surface area contributed by atoms with Crippen LogP contribution in [0.3, 0.4) is 0 Å². The number of carboxylic acids is 1. The van der Waals surface area contributed by atoms with Crippen molar-refractivity contribution in [3.63, 3.8) is 0 Å². The summed E-state index contributed by atoms with van der Waals surface area (Å²) in [5.74, 6) is -1.31. The largest absolute Gasteiger partial charge is 0.478 e. The van der Waals surface area contributed by atoms with Crippen LogP contribution >= 0.6 is 22.9 Å². The fourth-order valence-electron chi connectivity index (χ4n) is 1.64. The molecule has 1 aromatic carbocycles. The molecule has 4 nitrogen and oxygen atoms in total. The van der Waals surface area contributed by atoms with E-state index < -0.39 is 5.97 Å². The Kier molecular flexibility index (Phi) is 4.77. The van der Waals surface area contributed by atoms with Crippen LogP contribution in [0.1, 0.15) is 20.8 Å². The summed E-state index contributed by atoms with van der Waals surface area (Å²) in [4.78, 5) is 23.3. The second kappa shape index (κ2) is 6.56. The van der Waals surface area contributed by atoms with Gasteiger partial charge < -0.3 is 10.4 Å². The number of halogens is 1. The Labute approximate surface area is 130 Å². The summed E-state index contributed by atoms with van der Waals surface area (Å²) in [5.41, 5.74) is 2.00. The van der Waals surface area contributed by atoms with E-state index in [0.29, 0.717) is 21.2 Å². The van der Waals surface area contributed by atoms with Crippen molar-refractivity contribution in [2.45, 2.75) is 6.92 Å². The van der Waals surface area contributed by atoms with Crippen molar-refractivity contribution < 1.29 is 14.7 Å². The van der Waals surface area contributed by atoms with Gasteiger partial charge in [0, 0.05) is 16.3 Å². The van der Waals surface area contributed by atoms with Crippen molar-refractivity contribution in [2.75, 3.05) is 5.32 Å². The first kappa shape index (κ1) is 15.3. The third-order valence-electron chi connectivity index (χ3n) is 2.64. The van der Waals surface area contributed by atoms with Crippen LogP contribution in [0.25, 0.3) is 6.08 Å². The first-order valence-corrected chi connectivity index (χ1v) is 7.28. The van der Waals surface area contributed by atoms with Gasteiger partial charge in [0.2, 0.25) is 0 Å². The standard InChI is InChI=1S/C15H12ClNO3S/c1-9-2-4-12(16)13(6-9)17-15(20)10-7-11(21-8-10)3-5-14(18)19/h2-8H,1H3,(H,17,20)(H,18,19)/b5-3+. The molecule has 2 N–H and O–H groups in total. The molecule has 1 heterocycles. The summed E-state index contributed by atoms with van der Waals surface area (Å²) in [6.07, 6.45) is 2.48. The number of carboxylic acid groups (broad SMARTS) is 1. The molecular weight excluding hydrogens is 310 g/mol. The second-order valence-corrected chi connectivity index (χ2v) is 5.70. The van der Waals surface area contributed by atoms with E-state index in [1.54, 1.807) is 23.6 Å². The van der Waals surface area contributed by atoms with E-state index in [-0.39, 0.29) is 5.91 Å². The minimum absolute atomic E-state index is 0.284. The minimum Gasteiger partial charge on any atom is -0.478 e. The van der Waals surface area contributed by atoms with E-state index in [1.165, 1.54) is 17.4 Å². The highest BCUT2D eigenvalue weighted by Crippen LogP contribution is 2.24. The van der Waals surface area contributed by atoms with E-state index in [0.717, 1.165) is 11.6 Å². The van der Waals surface area contributed by atoms with Gasteiger partial charge in [-0.3, -0.25) is 4.79 Å². The first-order valence-electron chi connectivity index (χ1n) is 6.03. The Balaban J connectivity index is 2.14. The third kappa shape index (κ3) is 4.18. The Morgan fingerprint density at radius 3 is 2.81 bits per heavy atom. The molecule has 2 rings (SSSR count). The van der Waals surface area contributed by atoms with Crippen LogP contribution in [0.15, 0.2) is 35.7 Å². The van der Waals surface area contributed by atoms with Crippen molar-refractivity contribution in [2.24, 2.45) is 0 Å². The van der Waals surface area contributed by atoms with Crippen molar-refractivity contribution in [1.82, 2.24) is 0 Å². The normalized spacial score (nSPS) is 10.8. The SMILES string of the molecule is Cc1ccc(Cl)c(NC(=O)c2csc(/C=C/C(=O)O)c2)c1. The molecule has 0 aliphatic heterocycles. The number of carbonyl (C=O) groups is 2. The van der Waals surface area contributed by atoms with E-state index in [1.807, 2.05) is 13.0 Å². The molecule has 6 heteroatoms. The maximum Gasteiger partial charge on any atom is 0.328 e. The number of hydrogen-bond acceptors (Lipinski definition) is 3. The van der Waals surface area contributed by atoms with Crippen LogP contribution in [-0.2, 0) is 4.79 Å². The molecule has 0 radical (unpaired) electrons. The highest BCUT2D eigenvalue weighted by atomic mass is 35.5. The average Bonchev–Trinajstić information content (AvgIpc) is 2.89. The quantitative estimate of drug-likeness (QED) is 0.834. The number of rotatable bonds is 4. The molecule has 0 atom stereocenters. The number of anilines is 1. The van der Waals surface area contributed by atoms with Crippen LogP contribution in [-0.4, -0.2) is 17.0 Å². The predicted octanol–water partition coefficient (Wildman–Crippen LogP) is 4.06. The third-order valence-corrected chi connectivity index (χ3v) is 3.87. The molecule has 0 fully saturated rings. The predicted molar refractivity (Wildman–Crippen MR) is 85.1 cm³/mol. The number of aryl methyl sites for hydroxylation is 1. The van der Waals surface area contributed by atoms with Crippen molar-refractivity contribution in [3.8, 4) is 0 Å². The van der Waals surface area contributed by atoms with E-state index in [2.05, 4.69) is 5.32 Å². The molecule has 0 aliphatic carbocycles. The molecule has 0 aliphatic rings. The first-order chi connectivity index (χ1) is 9.95. The summed E-state index contributed by atoms with van der Waals surface area (Å²) < 4.78 is 0. The van der Waals surface area contributed by atoms with Gasteiger partial charge in [-0.15, -0.1) is 11.3 Å². The van der Waals surface area contributed by atoms with Gasteiger partial charge in [-0.1, -0.05) is 17.7 Å². The van der Waals surface area contributed by atoms with Crippen molar-refractivity contribution >= 4 is 46.6 Å². The summed E-state index contributed by atoms with van der Waals surface area (Å²) in [6, 6.07) is 7.00. The number of amides is 1. The highest BCUT2D eigenvalue weighted by Gasteiger charge is 2.10. The van der Waals surface area contributed by atoms with E-state index in [4.69, 9.17) is 16.7 Å². The summed E-state index contributed by atoms with van der Waals surface area (Å²) in [6.45, 7) is 1.91. The molecule has 0 bridgehead atoms. The molecule has 1 amide bonds. The topological polar surface area (TPSA) is 66.4 Å². The van der Waals surface area contributed by atoms with Crippen LogP contribution in [0.5, 0.6) is 0 Å². The van der Waals surface area contributed by atoms with Gasteiger partial charge in [0.25, 0.3) is 5.91 Å². The number of hydrogen-bond donors (Lipinski definition) is 2. The zero-order valence-electron chi connectivity index (χ0n) is 11.1. The smallest absolute Gasteiger partial charge is 0.328 e. The van der Waals surface area contributed by atoms with Gasteiger partial charge in [0.05, 0.1) is 16.3 Å². The summed E-state index contributed by atoms with van der Waals surface area (Å²) in [7, 11) is 0.